The fraction of sp³-hybridized carbons (Fsp3) is 0.615. The van der Waals surface area contributed by atoms with Gasteiger partial charge in [0.1, 0.15) is 18.3 Å². The summed E-state index contributed by atoms with van der Waals surface area (Å²) in [5.41, 5.74) is 7.19. The van der Waals surface area contributed by atoms with Crippen molar-refractivity contribution in [3.8, 4) is 0 Å². The normalized spacial score (nSPS) is 8.90. The van der Waals surface area contributed by atoms with Gasteiger partial charge in [-0.25, -0.2) is 8.75 Å². The molecule has 0 aliphatic carbocycles. The molecule has 0 unspecified atom stereocenters. The molecular formula is C65H122N8O4S3. The van der Waals surface area contributed by atoms with Crippen LogP contribution in [-0.2, 0) is 0 Å². The summed E-state index contributed by atoms with van der Waals surface area (Å²) in [7, 11) is 0. The van der Waals surface area contributed by atoms with Crippen LogP contribution >= 0.6 is 34.6 Å². The topological polar surface area (TPSA) is 159 Å². The first kappa shape index (κ1) is 91.5. The molecule has 0 saturated heterocycles. The lowest BCUT2D eigenvalue weighted by Crippen LogP contribution is -1.85. The highest BCUT2D eigenvalue weighted by molar-refractivity contribution is 7.05. The number of rotatable bonds is 8. The molecule has 8 aromatic rings. The van der Waals surface area contributed by atoms with Crippen molar-refractivity contribution in [3.63, 3.8) is 0 Å². The molecule has 8 aromatic heterocycles. The van der Waals surface area contributed by atoms with Crippen LogP contribution in [0.15, 0.2) is 121 Å². The van der Waals surface area contributed by atoms with Crippen molar-refractivity contribution in [2.24, 2.45) is 0 Å². The van der Waals surface area contributed by atoms with Gasteiger partial charge in [0.15, 0.2) is 0 Å². The Kier molecular flexibility index (Phi) is 80.2. The number of aromatic nitrogens is 8. The van der Waals surface area contributed by atoms with E-state index in [0.717, 1.165) is 17.0 Å². The van der Waals surface area contributed by atoms with E-state index in [1.54, 1.807) is 55.2 Å². The van der Waals surface area contributed by atoms with Crippen LogP contribution in [-0.4, -0.2) is 38.8 Å². The smallest absolute Gasteiger partial charge is 0.139 e. The van der Waals surface area contributed by atoms with E-state index in [1.807, 2.05) is 153 Å². The molecule has 0 spiro atoms. The third-order valence-electron chi connectivity index (χ3n) is 8.74. The first-order valence-electron chi connectivity index (χ1n) is 29.9. The van der Waals surface area contributed by atoms with Gasteiger partial charge in [0.25, 0.3) is 0 Å². The molecule has 0 radical (unpaired) electrons. The van der Waals surface area contributed by atoms with E-state index in [9.17, 15) is 0 Å². The summed E-state index contributed by atoms with van der Waals surface area (Å²) in [6, 6.07) is 11.9. The average Bonchev–Trinajstić information content (AvgIpc) is 4.34. The highest BCUT2D eigenvalue weighted by Gasteiger charge is 2.02. The van der Waals surface area contributed by atoms with E-state index >= 15 is 0 Å². The summed E-state index contributed by atoms with van der Waals surface area (Å²) in [5, 5.41) is 21.7. The molecule has 15 heteroatoms. The number of aromatic amines is 1. The quantitative estimate of drug-likeness (QED) is 0.154. The number of H-pyrrole nitrogens is 1. The number of hydrogen-bond donors (Lipinski definition) is 1. The van der Waals surface area contributed by atoms with Gasteiger partial charge >= 0.3 is 0 Å². The first-order valence-corrected chi connectivity index (χ1v) is 32.3. The molecule has 0 atom stereocenters. The SMILES string of the molecule is CC.CC.CC.CC.CC.CC.CC.CC.CC(C)c1ccn[nH]1.CC(C)c1ccno1.CC(C)c1ccns1.CC(C)c1ccoc1.CC(C)c1ccon1.CC(C)c1ccsn1.CC(C)c1cnoc1.CC(C)c1cnsc1. The van der Waals surface area contributed by atoms with Crippen molar-refractivity contribution in [1.29, 1.82) is 0 Å². The maximum atomic E-state index is 4.88. The molecule has 8 rings (SSSR count). The summed E-state index contributed by atoms with van der Waals surface area (Å²) < 4.78 is 31.1. The van der Waals surface area contributed by atoms with Gasteiger partial charge in [-0.15, -0.1) is 0 Å². The Morgan fingerprint density at radius 1 is 0.425 bits per heavy atom. The van der Waals surface area contributed by atoms with Crippen molar-refractivity contribution in [2.75, 3.05) is 0 Å². The van der Waals surface area contributed by atoms with Crippen LogP contribution in [0.4, 0.5) is 0 Å². The molecule has 80 heavy (non-hydrogen) atoms. The number of furan rings is 1. The lowest BCUT2D eigenvalue weighted by atomic mass is 10.1. The van der Waals surface area contributed by atoms with E-state index in [0.29, 0.717) is 47.3 Å². The summed E-state index contributed by atoms with van der Waals surface area (Å²) in [5.74, 6) is 5.43. The van der Waals surface area contributed by atoms with Crippen molar-refractivity contribution < 1.29 is 18.0 Å². The van der Waals surface area contributed by atoms with E-state index in [1.165, 1.54) is 50.5 Å². The average molecular weight is 1180 g/mol. The molecule has 0 bridgehead atoms. The van der Waals surface area contributed by atoms with Crippen LogP contribution in [0.5, 0.6) is 0 Å². The summed E-state index contributed by atoms with van der Waals surface area (Å²) in [4.78, 5) is 1.37. The van der Waals surface area contributed by atoms with Gasteiger partial charge in [0.05, 0.1) is 36.3 Å². The first-order chi connectivity index (χ1) is 38.4. The van der Waals surface area contributed by atoms with Gasteiger partial charge in [-0.05, 0) is 111 Å². The van der Waals surface area contributed by atoms with Crippen molar-refractivity contribution in [1.82, 2.24) is 38.8 Å². The monoisotopic (exact) mass is 1170 g/mol. The van der Waals surface area contributed by atoms with Gasteiger partial charge < -0.3 is 18.0 Å². The Labute approximate surface area is 505 Å². The molecule has 0 saturated carbocycles. The molecule has 0 amide bonds. The van der Waals surface area contributed by atoms with Crippen LogP contribution < -0.4 is 0 Å². The third kappa shape index (κ3) is 54.9. The maximum Gasteiger partial charge on any atom is 0.139 e. The zero-order valence-corrected chi connectivity index (χ0v) is 59.4. The minimum atomic E-state index is 0.456. The highest BCUT2D eigenvalue weighted by atomic mass is 32.1. The fourth-order valence-electron chi connectivity index (χ4n) is 4.27. The van der Waals surface area contributed by atoms with Crippen LogP contribution in [0.3, 0.4) is 0 Å². The van der Waals surface area contributed by atoms with Crippen LogP contribution in [0.25, 0.3) is 0 Å². The Bertz CT molecular complexity index is 1620. The standard InChI is InChI=1S/C7H10O.C6H10N2.3C6H9NO.3C6H9NS.8C2H6/c1-6(2)7-3-4-8-5-7;1-5(2)6-3-4-7-8-6;1-5(2)6-3-7-8-4-6;1-5(2)6-3-4-8-7-6;1-5(2)6-3-4-7-8-6;1-5(2)6-3-7-8-4-6;1-5(2)6-3-4-8-7-6;1-5(2)6-3-4-7-8-6;8*1-2/h3-6H,1-2H3;3-5H,1-2H3,(H,7,8);6*3-5H,1-2H3;8*1-2H3. The van der Waals surface area contributed by atoms with E-state index in [2.05, 4.69) is 176 Å². The molecule has 0 aromatic carbocycles. The predicted octanol–water partition coefficient (Wildman–Crippen LogP) is 24.3. The van der Waals surface area contributed by atoms with Crippen LogP contribution in [0.2, 0.25) is 0 Å². The second-order valence-electron chi connectivity index (χ2n) is 16.9. The predicted molar refractivity (Wildman–Crippen MR) is 357 cm³/mol. The second-order valence-corrected chi connectivity index (χ2v) is 19.1. The zero-order valence-electron chi connectivity index (χ0n) is 56.9. The minimum absolute atomic E-state index is 0.456. The Morgan fingerprint density at radius 2 is 0.988 bits per heavy atom. The van der Waals surface area contributed by atoms with Gasteiger partial charge in [-0.3, -0.25) is 5.10 Å². The molecule has 12 nitrogen and oxygen atoms in total. The van der Waals surface area contributed by atoms with E-state index in [4.69, 9.17) is 8.94 Å². The Balaban J connectivity index is -0.000000119. The van der Waals surface area contributed by atoms with Gasteiger partial charge in [-0.1, -0.05) is 237 Å². The third-order valence-corrected chi connectivity index (χ3v) is 11.0. The zero-order chi connectivity index (χ0) is 63.9. The van der Waals surface area contributed by atoms with Crippen molar-refractivity contribution in [3.05, 3.63) is 148 Å². The molecule has 464 valence electrons. The maximum absolute atomic E-state index is 4.88. The number of nitrogens with zero attached hydrogens (tertiary/aromatic N) is 7. The Morgan fingerprint density at radius 3 is 1.19 bits per heavy atom. The van der Waals surface area contributed by atoms with Gasteiger partial charge in [0, 0.05) is 63.5 Å². The van der Waals surface area contributed by atoms with Crippen molar-refractivity contribution >= 4 is 34.6 Å². The largest absolute Gasteiger partial charge is 0.472 e. The summed E-state index contributed by atoms with van der Waals surface area (Å²) in [6.07, 6.45) is 15.7. The lowest BCUT2D eigenvalue weighted by molar-refractivity contribution is 0.371. The highest BCUT2D eigenvalue weighted by Crippen LogP contribution is 2.17. The summed E-state index contributed by atoms with van der Waals surface area (Å²) >= 11 is 4.62. The molecule has 0 aliphatic heterocycles. The Hall–Kier alpha value is -4.99. The molecule has 8 heterocycles. The number of hydrogen-bond acceptors (Lipinski definition) is 14. The van der Waals surface area contributed by atoms with Gasteiger partial charge in [0.2, 0.25) is 0 Å². The van der Waals surface area contributed by atoms with Gasteiger partial charge in [-0.2, -0.15) is 9.47 Å². The molecule has 1 N–H and O–H groups in total. The molecule has 0 fully saturated rings. The minimum Gasteiger partial charge on any atom is -0.472 e. The molecular weight excluding hydrogens is 1050 g/mol. The van der Waals surface area contributed by atoms with Crippen LogP contribution in [0, 0.1) is 0 Å². The molecule has 0 aliphatic rings. The lowest BCUT2D eigenvalue weighted by Gasteiger charge is -1.95. The van der Waals surface area contributed by atoms with Crippen LogP contribution in [0.1, 0.15) is 313 Å². The van der Waals surface area contributed by atoms with Crippen molar-refractivity contribution in [2.45, 2.75) is 269 Å². The van der Waals surface area contributed by atoms with E-state index in [-0.39, 0.29) is 0 Å². The second kappa shape index (κ2) is 70.1. The number of nitrogens with one attached hydrogen (secondary N) is 1. The van der Waals surface area contributed by atoms with E-state index < -0.39 is 0 Å². The fourth-order valence-corrected chi connectivity index (χ4v) is 6.20. The summed E-state index contributed by atoms with van der Waals surface area (Å²) in [6.45, 7) is 66.0.